The molecule has 2 heterocycles. The van der Waals surface area contributed by atoms with Gasteiger partial charge >= 0.3 is 5.97 Å². The van der Waals surface area contributed by atoms with Crippen LogP contribution in [0.2, 0.25) is 0 Å². The Balaban J connectivity index is 1.72. The van der Waals surface area contributed by atoms with Gasteiger partial charge in [-0.3, -0.25) is 9.59 Å². The molecule has 1 aromatic carbocycles. The molecule has 8 nitrogen and oxygen atoms in total. The van der Waals surface area contributed by atoms with Crippen molar-refractivity contribution in [3.05, 3.63) is 53.9 Å². The Hall–Kier alpha value is -3.68. The predicted octanol–water partition coefficient (Wildman–Crippen LogP) is 3.97. The Morgan fingerprint density at radius 1 is 1.10 bits per heavy atom. The second-order valence-electron chi connectivity index (χ2n) is 7.64. The maximum absolute atomic E-state index is 12.1. The molecule has 0 atom stereocenters. The van der Waals surface area contributed by atoms with Crippen LogP contribution in [-0.4, -0.2) is 38.8 Å². The van der Waals surface area contributed by atoms with Crippen molar-refractivity contribution in [2.24, 2.45) is 0 Å². The van der Waals surface area contributed by atoms with Crippen molar-refractivity contribution in [3.8, 4) is 28.3 Å². The molecule has 0 aliphatic heterocycles. The van der Waals surface area contributed by atoms with Gasteiger partial charge in [0.1, 0.15) is 18.0 Å². The molecule has 1 aliphatic carbocycles. The van der Waals surface area contributed by atoms with Crippen LogP contribution in [0.1, 0.15) is 54.1 Å². The third-order valence-electron chi connectivity index (χ3n) is 5.53. The number of nitrogens with zero attached hydrogens (tertiary/aromatic N) is 2. The van der Waals surface area contributed by atoms with Gasteiger partial charge in [0.05, 0.1) is 0 Å². The highest BCUT2D eigenvalue weighted by molar-refractivity contribution is 5.96. The van der Waals surface area contributed by atoms with Crippen LogP contribution in [0.5, 0.6) is 5.75 Å². The quantitative estimate of drug-likeness (QED) is 0.550. The minimum atomic E-state index is -1.18. The van der Waals surface area contributed by atoms with Crippen LogP contribution in [0.25, 0.3) is 22.6 Å². The first-order chi connectivity index (χ1) is 15.0. The van der Waals surface area contributed by atoms with Crippen molar-refractivity contribution in [2.75, 3.05) is 6.54 Å². The van der Waals surface area contributed by atoms with Crippen molar-refractivity contribution in [2.45, 2.75) is 38.0 Å². The lowest BCUT2D eigenvalue weighted by molar-refractivity contribution is -0.135. The van der Waals surface area contributed by atoms with E-state index in [1.54, 1.807) is 0 Å². The molecule has 1 aliphatic rings. The maximum Gasteiger partial charge on any atom is 0.322 e. The van der Waals surface area contributed by atoms with E-state index in [1.165, 1.54) is 18.7 Å². The summed E-state index contributed by atoms with van der Waals surface area (Å²) in [6.07, 6.45) is 6.98. The van der Waals surface area contributed by atoms with Crippen LogP contribution >= 0.6 is 0 Å². The average Bonchev–Trinajstić information content (AvgIpc) is 3.24. The number of carboxylic acid groups (broad SMARTS) is 1. The number of rotatable bonds is 6. The molecule has 3 aromatic rings. The number of aromatic nitrogens is 2. The Kier molecular flexibility index (Phi) is 5.97. The van der Waals surface area contributed by atoms with Gasteiger partial charge in [0.25, 0.3) is 5.91 Å². The van der Waals surface area contributed by atoms with Crippen molar-refractivity contribution < 1.29 is 24.3 Å². The highest BCUT2D eigenvalue weighted by Crippen LogP contribution is 2.43. The van der Waals surface area contributed by atoms with E-state index in [2.05, 4.69) is 15.5 Å². The SMILES string of the molecule is O=C(O)CNC(=O)c1ncc(-c2onc(-c3ccccc3)c2C2CCCCC2)cc1O. The van der Waals surface area contributed by atoms with E-state index in [0.717, 1.165) is 42.5 Å². The molecule has 160 valence electrons. The first-order valence-electron chi connectivity index (χ1n) is 10.3. The van der Waals surface area contributed by atoms with Gasteiger partial charge in [0, 0.05) is 22.9 Å². The largest absolute Gasteiger partial charge is 0.505 e. The van der Waals surface area contributed by atoms with Crippen LogP contribution in [0.4, 0.5) is 0 Å². The Bertz CT molecular complexity index is 1090. The zero-order valence-electron chi connectivity index (χ0n) is 16.9. The number of benzene rings is 1. The summed E-state index contributed by atoms with van der Waals surface area (Å²) in [6.45, 7) is -0.559. The normalized spacial score (nSPS) is 14.3. The fourth-order valence-electron chi connectivity index (χ4n) is 4.07. The molecule has 1 fully saturated rings. The summed E-state index contributed by atoms with van der Waals surface area (Å²) in [5.74, 6) is -1.48. The lowest BCUT2D eigenvalue weighted by Crippen LogP contribution is -2.29. The average molecular weight is 421 g/mol. The van der Waals surface area contributed by atoms with Gasteiger partial charge in [0.2, 0.25) is 0 Å². The van der Waals surface area contributed by atoms with Crippen LogP contribution in [0, 0.1) is 0 Å². The van der Waals surface area contributed by atoms with Gasteiger partial charge in [-0.15, -0.1) is 0 Å². The van der Waals surface area contributed by atoms with Crippen LogP contribution in [0.15, 0.2) is 47.1 Å². The molecule has 1 amide bonds. The van der Waals surface area contributed by atoms with Gasteiger partial charge in [-0.05, 0) is 24.8 Å². The van der Waals surface area contributed by atoms with E-state index in [0.29, 0.717) is 11.3 Å². The van der Waals surface area contributed by atoms with E-state index >= 15 is 0 Å². The molecular formula is C23H23N3O5. The fraction of sp³-hybridized carbons (Fsp3) is 0.304. The number of nitrogens with one attached hydrogen (secondary N) is 1. The Labute approximate surface area is 178 Å². The van der Waals surface area contributed by atoms with Gasteiger partial charge in [-0.2, -0.15) is 0 Å². The Morgan fingerprint density at radius 2 is 1.84 bits per heavy atom. The third kappa shape index (κ3) is 4.42. The Morgan fingerprint density at radius 3 is 2.52 bits per heavy atom. The van der Waals surface area contributed by atoms with E-state index in [-0.39, 0.29) is 17.4 Å². The third-order valence-corrected chi connectivity index (χ3v) is 5.53. The highest BCUT2D eigenvalue weighted by atomic mass is 16.5. The second-order valence-corrected chi connectivity index (χ2v) is 7.64. The number of amides is 1. The summed E-state index contributed by atoms with van der Waals surface area (Å²) in [5, 5.41) is 25.6. The van der Waals surface area contributed by atoms with E-state index in [4.69, 9.17) is 9.63 Å². The summed E-state index contributed by atoms with van der Waals surface area (Å²) in [7, 11) is 0. The molecule has 4 rings (SSSR count). The van der Waals surface area contributed by atoms with Crippen LogP contribution in [0.3, 0.4) is 0 Å². The molecule has 1 saturated carbocycles. The summed E-state index contributed by atoms with van der Waals surface area (Å²) in [5.41, 5.74) is 3.01. The van der Waals surface area contributed by atoms with Crippen molar-refractivity contribution in [1.29, 1.82) is 0 Å². The van der Waals surface area contributed by atoms with Crippen LogP contribution in [-0.2, 0) is 4.79 Å². The zero-order chi connectivity index (χ0) is 21.8. The maximum atomic E-state index is 12.1. The molecule has 0 unspecified atom stereocenters. The van der Waals surface area contributed by atoms with Crippen molar-refractivity contribution in [1.82, 2.24) is 15.5 Å². The number of aliphatic carboxylic acids is 1. The molecule has 0 bridgehead atoms. The molecule has 0 saturated heterocycles. The smallest absolute Gasteiger partial charge is 0.322 e. The number of hydrogen-bond donors (Lipinski definition) is 3. The number of carbonyl (C=O) groups excluding carboxylic acids is 1. The van der Waals surface area contributed by atoms with Gasteiger partial charge < -0.3 is 20.1 Å². The monoisotopic (exact) mass is 421 g/mol. The number of pyridine rings is 1. The number of carbonyl (C=O) groups is 2. The van der Waals surface area contributed by atoms with Crippen LogP contribution < -0.4 is 5.32 Å². The molecule has 0 radical (unpaired) electrons. The lowest BCUT2D eigenvalue weighted by Gasteiger charge is -2.22. The van der Waals surface area contributed by atoms with Gasteiger partial charge in [-0.1, -0.05) is 54.8 Å². The lowest BCUT2D eigenvalue weighted by atomic mass is 9.81. The number of carboxylic acids is 1. The first kappa shape index (κ1) is 20.6. The van der Waals surface area contributed by atoms with Gasteiger partial charge in [0.15, 0.2) is 11.5 Å². The minimum Gasteiger partial charge on any atom is -0.505 e. The molecule has 8 heteroatoms. The number of hydrogen-bond acceptors (Lipinski definition) is 6. The summed E-state index contributed by atoms with van der Waals surface area (Å²) in [6, 6.07) is 11.2. The van der Waals surface area contributed by atoms with Crippen molar-refractivity contribution >= 4 is 11.9 Å². The molecule has 31 heavy (non-hydrogen) atoms. The summed E-state index contributed by atoms with van der Waals surface area (Å²) in [4.78, 5) is 26.8. The topological polar surface area (TPSA) is 126 Å². The fourth-order valence-corrected chi connectivity index (χ4v) is 4.07. The first-order valence-corrected chi connectivity index (χ1v) is 10.3. The van der Waals surface area contributed by atoms with Gasteiger partial charge in [-0.25, -0.2) is 4.98 Å². The summed E-state index contributed by atoms with van der Waals surface area (Å²) >= 11 is 0. The second kappa shape index (κ2) is 8.99. The zero-order valence-corrected chi connectivity index (χ0v) is 16.9. The number of aromatic hydroxyl groups is 1. The standard InChI is InChI=1S/C23H23N3O5/c27-17-11-16(12-24-21(17)23(30)25-13-18(28)29)22-19(14-7-3-1-4-8-14)20(26-31-22)15-9-5-2-6-10-15/h2,5-6,9-12,14,27H,1,3-4,7-8,13H2,(H,25,30)(H,28,29). The molecule has 2 aromatic heterocycles. The highest BCUT2D eigenvalue weighted by Gasteiger charge is 2.28. The molecule has 3 N–H and O–H groups in total. The molecule has 0 spiro atoms. The van der Waals surface area contributed by atoms with E-state index in [1.807, 2.05) is 30.3 Å². The molecular weight excluding hydrogens is 398 g/mol. The predicted molar refractivity (Wildman–Crippen MR) is 113 cm³/mol. The minimum absolute atomic E-state index is 0.244. The van der Waals surface area contributed by atoms with Crippen molar-refractivity contribution in [3.63, 3.8) is 0 Å². The van der Waals surface area contributed by atoms with E-state index < -0.39 is 18.4 Å². The summed E-state index contributed by atoms with van der Waals surface area (Å²) < 4.78 is 5.74. The van der Waals surface area contributed by atoms with E-state index in [9.17, 15) is 14.7 Å².